The molecule has 0 aromatic rings. The van der Waals surface area contributed by atoms with Crippen LogP contribution in [-0.2, 0) is 4.79 Å². The van der Waals surface area contributed by atoms with Gasteiger partial charge in [0.25, 0.3) is 0 Å². The predicted octanol–water partition coefficient (Wildman–Crippen LogP) is 0.200. The van der Waals surface area contributed by atoms with E-state index in [2.05, 4.69) is 5.32 Å². The topological polar surface area (TPSA) is 31.2 Å². The first-order chi connectivity index (χ1) is 4.38. The molecule has 2 rings (SSSR count). The lowest BCUT2D eigenvalue weighted by Crippen LogP contribution is -2.33. The van der Waals surface area contributed by atoms with Gasteiger partial charge in [-0.2, -0.15) is 0 Å². The smallest absolute Gasteiger partial charge is 0.141 e. The van der Waals surface area contributed by atoms with Crippen molar-refractivity contribution in [2.45, 2.75) is 12.8 Å². The summed E-state index contributed by atoms with van der Waals surface area (Å²) in [5.74, 6) is 1.14. The Kier molecular flexibility index (Phi) is 1.09. The lowest BCUT2D eigenvalue weighted by molar-refractivity contribution is -0.125. The van der Waals surface area contributed by atoms with Crippen molar-refractivity contribution in [2.75, 3.05) is 13.1 Å². The molecule has 0 aromatic heterocycles. The summed E-state index contributed by atoms with van der Waals surface area (Å²) >= 11 is 0. The molecule has 1 saturated carbocycles. The highest BCUT2D eigenvalue weighted by molar-refractivity contribution is 5.86. The lowest BCUT2D eigenvalue weighted by atomic mass is 9.99. The Morgan fingerprint density at radius 1 is 1.22 bits per heavy atom. The van der Waals surface area contributed by atoms with E-state index in [1.165, 1.54) is 0 Å². The number of nitrogens with zero attached hydrogens (tertiary/aromatic N) is 1. The fourth-order valence-corrected chi connectivity index (χ4v) is 1.77. The minimum Gasteiger partial charge on any atom is -0.299 e. The third-order valence-corrected chi connectivity index (χ3v) is 2.37. The van der Waals surface area contributed by atoms with E-state index in [9.17, 15) is 4.79 Å². The van der Waals surface area contributed by atoms with Crippen molar-refractivity contribution in [3.8, 4) is 0 Å². The Morgan fingerprint density at radius 2 is 1.78 bits per heavy atom. The monoisotopic (exact) mass is 124 g/mol. The van der Waals surface area contributed by atoms with Crippen LogP contribution in [-0.4, -0.2) is 18.9 Å². The number of hydrogen-bond donors (Lipinski definition) is 0. The van der Waals surface area contributed by atoms with Gasteiger partial charge in [-0.15, -0.1) is 0 Å². The molecule has 0 N–H and O–H groups in total. The van der Waals surface area contributed by atoms with E-state index in [0.717, 1.165) is 25.9 Å². The van der Waals surface area contributed by atoms with Gasteiger partial charge < -0.3 is 0 Å². The van der Waals surface area contributed by atoms with Gasteiger partial charge in [0.2, 0.25) is 0 Å². The first-order valence-corrected chi connectivity index (χ1v) is 3.55. The average molecular weight is 124 g/mol. The van der Waals surface area contributed by atoms with Crippen LogP contribution in [0.25, 0.3) is 0 Å². The van der Waals surface area contributed by atoms with Gasteiger partial charge in [0, 0.05) is 24.9 Å². The van der Waals surface area contributed by atoms with Crippen LogP contribution in [0.1, 0.15) is 12.8 Å². The maximum absolute atomic E-state index is 11.1. The van der Waals surface area contributed by atoms with Gasteiger partial charge >= 0.3 is 0 Å². The zero-order valence-electron chi connectivity index (χ0n) is 5.34. The molecule has 2 unspecified atom stereocenters. The molecule has 2 nitrogen and oxygen atoms in total. The Hall–Kier alpha value is -0.370. The second-order valence-corrected chi connectivity index (χ2v) is 2.96. The number of rotatable bonds is 0. The average Bonchev–Trinajstić information content (AvgIpc) is 2.19. The van der Waals surface area contributed by atoms with Gasteiger partial charge in [0.15, 0.2) is 0 Å². The number of fused-ring (bicyclic) bond motifs is 2. The first-order valence-electron chi connectivity index (χ1n) is 3.55. The molecular formula is C7H10NO. The van der Waals surface area contributed by atoms with Crippen LogP contribution in [0.15, 0.2) is 0 Å². The van der Waals surface area contributed by atoms with Crippen molar-refractivity contribution in [3.63, 3.8) is 0 Å². The second kappa shape index (κ2) is 1.81. The summed E-state index contributed by atoms with van der Waals surface area (Å²) in [7, 11) is 0. The molecule has 2 fully saturated rings. The highest BCUT2D eigenvalue weighted by atomic mass is 16.1. The van der Waals surface area contributed by atoms with Crippen LogP contribution in [0, 0.1) is 11.8 Å². The Bertz CT molecular complexity index is 126. The van der Waals surface area contributed by atoms with Crippen LogP contribution < -0.4 is 5.32 Å². The molecule has 2 atom stereocenters. The molecule has 1 aliphatic heterocycles. The van der Waals surface area contributed by atoms with Crippen molar-refractivity contribution in [3.05, 3.63) is 0 Å². The number of carbonyl (C=O) groups excluding carboxylic acids is 1. The highest BCUT2D eigenvalue weighted by Crippen LogP contribution is 2.29. The van der Waals surface area contributed by atoms with Crippen molar-refractivity contribution in [1.82, 2.24) is 5.32 Å². The van der Waals surface area contributed by atoms with E-state index < -0.39 is 0 Å². The Morgan fingerprint density at radius 3 is 2.22 bits per heavy atom. The summed E-state index contributed by atoms with van der Waals surface area (Å²) in [5.41, 5.74) is 0. The summed E-state index contributed by atoms with van der Waals surface area (Å²) in [6, 6.07) is 0. The van der Waals surface area contributed by atoms with Crippen molar-refractivity contribution in [1.29, 1.82) is 0 Å². The maximum atomic E-state index is 11.1. The van der Waals surface area contributed by atoms with Crippen LogP contribution in [0.2, 0.25) is 0 Å². The van der Waals surface area contributed by atoms with Crippen LogP contribution >= 0.6 is 0 Å². The summed E-state index contributed by atoms with van der Waals surface area (Å²) in [4.78, 5) is 11.1. The third-order valence-electron chi connectivity index (χ3n) is 2.37. The van der Waals surface area contributed by atoms with Crippen molar-refractivity contribution in [2.24, 2.45) is 11.8 Å². The van der Waals surface area contributed by atoms with E-state index in [4.69, 9.17) is 0 Å². The third kappa shape index (κ3) is 0.697. The molecule has 2 bridgehead atoms. The van der Waals surface area contributed by atoms with E-state index in [0.29, 0.717) is 17.6 Å². The van der Waals surface area contributed by atoms with E-state index in [1.54, 1.807) is 0 Å². The molecule has 49 valence electrons. The minimum atomic E-state index is 0.323. The number of carbonyl (C=O) groups is 1. The number of piperidine rings is 1. The molecule has 0 amide bonds. The largest absolute Gasteiger partial charge is 0.299 e. The van der Waals surface area contributed by atoms with Crippen LogP contribution in [0.5, 0.6) is 0 Å². The molecule has 2 aliphatic rings. The number of Topliss-reactive ketones (excluding diaryl/α,β-unsaturated/α-hetero) is 1. The molecule has 2 heteroatoms. The minimum absolute atomic E-state index is 0.323. The molecular weight excluding hydrogens is 114 g/mol. The van der Waals surface area contributed by atoms with Gasteiger partial charge in [-0.1, -0.05) is 0 Å². The predicted molar refractivity (Wildman–Crippen MR) is 33.1 cm³/mol. The Labute approximate surface area is 54.6 Å². The van der Waals surface area contributed by atoms with Gasteiger partial charge in [-0.25, -0.2) is 5.32 Å². The van der Waals surface area contributed by atoms with Crippen LogP contribution in [0.3, 0.4) is 0 Å². The van der Waals surface area contributed by atoms with Gasteiger partial charge in [-0.3, -0.25) is 4.79 Å². The maximum Gasteiger partial charge on any atom is 0.141 e. The SMILES string of the molecule is O=C1C2CCC1C[N]C2. The molecule has 0 aromatic carbocycles. The standard InChI is InChI=1S/C7H10NO/c9-7-5-1-2-6(7)4-8-3-5/h5-6H,1-4H2. The molecule has 9 heavy (non-hydrogen) atoms. The van der Waals surface area contributed by atoms with E-state index in [1.807, 2.05) is 0 Å². The van der Waals surface area contributed by atoms with Crippen molar-refractivity contribution >= 4 is 5.78 Å². The zero-order valence-corrected chi connectivity index (χ0v) is 5.34. The molecule has 0 spiro atoms. The van der Waals surface area contributed by atoms with E-state index >= 15 is 0 Å². The first kappa shape index (κ1) is 5.42. The quantitative estimate of drug-likeness (QED) is 0.454. The van der Waals surface area contributed by atoms with Crippen molar-refractivity contribution < 1.29 is 4.79 Å². The summed E-state index contributed by atoms with van der Waals surface area (Å²) < 4.78 is 0. The Balaban J connectivity index is 2.19. The molecule has 1 aliphatic carbocycles. The summed E-state index contributed by atoms with van der Waals surface area (Å²) in [6.45, 7) is 1.63. The molecule has 1 heterocycles. The summed E-state index contributed by atoms with van der Waals surface area (Å²) in [6.07, 6.45) is 2.21. The van der Waals surface area contributed by atoms with Crippen LogP contribution in [0.4, 0.5) is 0 Å². The second-order valence-electron chi connectivity index (χ2n) is 2.96. The van der Waals surface area contributed by atoms with Gasteiger partial charge in [0.1, 0.15) is 5.78 Å². The number of ketones is 1. The van der Waals surface area contributed by atoms with E-state index in [-0.39, 0.29) is 0 Å². The normalized spacial score (nSPS) is 41.6. The fraction of sp³-hybridized carbons (Fsp3) is 0.857. The summed E-state index contributed by atoms with van der Waals surface area (Å²) in [5, 5.41) is 4.23. The van der Waals surface area contributed by atoms with Gasteiger partial charge in [0.05, 0.1) is 0 Å². The van der Waals surface area contributed by atoms with Gasteiger partial charge in [-0.05, 0) is 12.8 Å². The molecule has 1 radical (unpaired) electrons. The fourth-order valence-electron chi connectivity index (χ4n) is 1.77. The number of hydrogen-bond acceptors (Lipinski definition) is 1. The lowest BCUT2D eigenvalue weighted by Gasteiger charge is -2.15. The molecule has 1 saturated heterocycles. The highest BCUT2D eigenvalue weighted by Gasteiger charge is 2.37. The zero-order chi connectivity index (χ0) is 6.27.